The highest BCUT2D eigenvalue weighted by atomic mass is 32.1. The number of rotatable bonds is 11. The van der Waals surface area contributed by atoms with E-state index in [1.807, 2.05) is 29.5 Å². The Morgan fingerprint density at radius 2 is 1.61 bits per heavy atom. The van der Waals surface area contributed by atoms with Gasteiger partial charge in [-0.2, -0.15) is 0 Å². The second-order valence-electron chi connectivity index (χ2n) is 10.9. The highest BCUT2D eigenvalue weighted by molar-refractivity contribution is 7.22. The summed E-state index contributed by atoms with van der Waals surface area (Å²) >= 11 is 1.84. The van der Waals surface area contributed by atoms with Crippen LogP contribution in [0.15, 0.2) is 91.0 Å². The first-order chi connectivity index (χ1) is 20.2. The van der Waals surface area contributed by atoms with Crippen LogP contribution in [0.5, 0.6) is 11.5 Å². The number of nitrogens with zero attached hydrogens (tertiary/aromatic N) is 1. The van der Waals surface area contributed by atoms with E-state index in [4.69, 9.17) is 15.2 Å². The fourth-order valence-electron chi connectivity index (χ4n) is 5.77. The number of hydrogen-bond donors (Lipinski definition) is 1. The summed E-state index contributed by atoms with van der Waals surface area (Å²) in [6.07, 6.45) is 4.32. The molecule has 0 saturated carbocycles. The molecule has 2 N–H and O–H groups in total. The van der Waals surface area contributed by atoms with Gasteiger partial charge in [-0.25, -0.2) is 0 Å². The normalized spacial score (nSPS) is 13.6. The van der Waals surface area contributed by atoms with Crippen LogP contribution in [0, 0.1) is 0 Å². The number of hydrogen-bond acceptors (Lipinski definition) is 5. The lowest BCUT2D eigenvalue weighted by Gasteiger charge is -2.18. The van der Waals surface area contributed by atoms with Crippen LogP contribution in [0.3, 0.4) is 0 Å². The molecule has 2 heterocycles. The molecule has 5 heteroatoms. The van der Waals surface area contributed by atoms with E-state index in [0.717, 1.165) is 30.9 Å². The molecule has 0 radical (unpaired) electrons. The number of fused-ring (bicyclic) bond motifs is 1. The summed E-state index contributed by atoms with van der Waals surface area (Å²) in [7, 11) is 1.79. The molecule has 0 atom stereocenters. The Hall–Kier alpha value is -3.64. The molecule has 5 aromatic rings. The molecule has 210 valence electrons. The Labute approximate surface area is 247 Å². The first-order valence-electron chi connectivity index (χ1n) is 14.6. The molecule has 41 heavy (non-hydrogen) atoms. The lowest BCUT2D eigenvalue weighted by atomic mass is 9.97. The molecule has 4 aromatic carbocycles. The quantitative estimate of drug-likeness (QED) is 0.178. The molecule has 0 unspecified atom stereocenters. The van der Waals surface area contributed by atoms with Crippen LogP contribution in [-0.4, -0.2) is 31.6 Å². The van der Waals surface area contributed by atoms with Crippen LogP contribution in [0.1, 0.15) is 40.7 Å². The van der Waals surface area contributed by atoms with Crippen LogP contribution in [0.25, 0.3) is 20.5 Å². The van der Waals surface area contributed by atoms with Crippen LogP contribution in [0.2, 0.25) is 0 Å². The first-order valence-corrected chi connectivity index (χ1v) is 15.4. The highest BCUT2D eigenvalue weighted by Crippen LogP contribution is 2.42. The van der Waals surface area contributed by atoms with Gasteiger partial charge >= 0.3 is 0 Å². The molecule has 0 bridgehead atoms. The van der Waals surface area contributed by atoms with Gasteiger partial charge in [0, 0.05) is 21.7 Å². The number of benzene rings is 4. The molecule has 4 nitrogen and oxygen atoms in total. The van der Waals surface area contributed by atoms with Crippen LogP contribution in [0.4, 0.5) is 0 Å². The van der Waals surface area contributed by atoms with Crippen molar-refractivity contribution in [3.05, 3.63) is 119 Å². The number of thiophene rings is 1. The fraction of sp³-hybridized carbons (Fsp3) is 0.278. The van der Waals surface area contributed by atoms with Gasteiger partial charge in [0.15, 0.2) is 0 Å². The predicted molar refractivity (Wildman–Crippen MR) is 171 cm³/mol. The minimum Gasteiger partial charge on any atom is -0.496 e. The molecule has 1 aromatic heterocycles. The van der Waals surface area contributed by atoms with Crippen molar-refractivity contribution in [2.24, 2.45) is 5.73 Å². The number of nitrogens with two attached hydrogens (primary N) is 1. The smallest absolute Gasteiger partial charge is 0.123 e. The van der Waals surface area contributed by atoms with E-state index in [1.54, 1.807) is 7.11 Å². The zero-order valence-corrected chi connectivity index (χ0v) is 24.6. The van der Waals surface area contributed by atoms with Crippen LogP contribution >= 0.6 is 11.3 Å². The number of ether oxygens (including phenoxy) is 2. The highest BCUT2D eigenvalue weighted by Gasteiger charge is 2.18. The lowest BCUT2D eigenvalue weighted by Crippen LogP contribution is -2.18. The topological polar surface area (TPSA) is 47.7 Å². The van der Waals surface area contributed by atoms with E-state index >= 15 is 0 Å². The van der Waals surface area contributed by atoms with E-state index in [1.165, 1.54) is 74.3 Å². The summed E-state index contributed by atoms with van der Waals surface area (Å²) in [4.78, 5) is 3.83. The maximum atomic E-state index is 6.19. The molecule has 6 rings (SSSR count). The standard InChI is InChI=1S/C36H38N2O2S/c1-39-34-22-28(11-14-30(34)24-38-19-5-6-20-38)21-33-32-16-15-31(40-25-27-7-3-2-4-8-27)23-35(32)41-36(33)29-12-9-26(10-13-29)17-18-37/h2-4,7-16,22-23H,5-6,17-21,24-25,37H2,1H3. The van der Waals surface area contributed by atoms with Gasteiger partial charge in [-0.3, -0.25) is 4.90 Å². The summed E-state index contributed by atoms with van der Waals surface area (Å²) in [5, 5.41) is 1.28. The Bertz CT molecular complexity index is 1590. The molecule has 1 aliphatic rings. The molecule has 0 spiro atoms. The fourth-order valence-corrected chi connectivity index (χ4v) is 7.03. The van der Waals surface area contributed by atoms with Crippen LogP contribution in [-0.2, 0) is 26.0 Å². The third-order valence-electron chi connectivity index (χ3n) is 7.99. The van der Waals surface area contributed by atoms with Crippen molar-refractivity contribution in [1.29, 1.82) is 0 Å². The second kappa shape index (κ2) is 12.9. The van der Waals surface area contributed by atoms with Gasteiger partial charge in [-0.15, -0.1) is 11.3 Å². The lowest BCUT2D eigenvalue weighted by molar-refractivity contribution is 0.306. The first kappa shape index (κ1) is 27.5. The molecule has 1 fully saturated rings. The Kier molecular flexibility index (Phi) is 8.66. The van der Waals surface area contributed by atoms with Crippen molar-refractivity contribution in [1.82, 2.24) is 4.90 Å². The number of methoxy groups -OCH3 is 1. The van der Waals surface area contributed by atoms with Gasteiger partial charge < -0.3 is 15.2 Å². The molecule has 0 amide bonds. The van der Waals surface area contributed by atoms with Gasteiger partial charge in [-0.1, -0.05) is 66.7 Å². The molecule has 0 aliphatic carbocycles. The van der Waals surface area contributed by atoms with Crippen molar-refractivity contribution in [3.8, 4) is 21.9 Å². The minimum atomic E-state index is 0.559. The largest absolute Gasteiger partial charge is 0.496 e. The summed E-state index contributed by atoms with van der Waals surface area (Å²) in [5.41, 5.74) is 13.4. The molecular formula is C36H38N2O2S. The van der Waals surface area contributed by atoms with Gasteiger partial charge in [0.2, 0.25) is 0 Å². The van der Waals surface area contributed by atoms with Crippen molar-refractivity contribution >= 4 is 21.4 Å². The SMILES string of the molecule is COc1cc(Cc2c(-c3ccc(CCN)cc3)sc3cc(OCc4ccccc4)ccc23)ccc1CN1CCCC1. The molecular weight excluding hydrogens is 524 g/mol. The summed E-state index contributed by atoms with van der Waals surface area (Å²) in [6.45, 7) is 4.53. The van der Waals surface area contributed by atoms with Crippen molar-refractivity contribution in [2.45, 2.75) is 38.8 Å². The average Bonchev–Trinajstić information content (AvgIpc) is 3.66. The zero-order valence-electron chi connectivity index (χ0n) is 23.8. The van der Waals surface area contributed by atoms with E-state index in [2.05, 4.69) is 77.7 Å². The minimum absolute atomic E-state index is 0.559. The maximum absolute atomic E-state index is 6.19. The van der Waals surface area contributed by atoms with E-state index in [0.29, 0.717) is 13.2 Å². The maximum Gasteiger partial charge on any atom is 0.123 e. The van der Waals surface area contributed by atoms with Gasteiger partial charge in [0.1, 0.15) is 18.1 Å². The Balaban J connectivity index is 1.33. The van der Waals surface area contributed by atoms with Gasteiger partial charge in [0.25, 0.3) is 0 Å². The average molecular weight is 563 g/mol. The summed E-state index contributed by atoms with van der Waals surface area (Å²) in [5.74, 6) is 1.88. The third-order valence-corrected chi connectivity index (χ3v) is 9.23. The Morgan fingerprint density at radius 1 is 0.829 bits per heavy atom. The molecule has 1 aliphatic heterocycles. The second-order valence-corrected chi connectivity index (χ2v) is 11.9. The number of likely N-dealkylation sites (tertiary alicyclic amines) is 1. The van der Waals surface area contributed by atoms with Crippen LogP contribution < -0.4 is 15.2 Å². The van der Waals surface area contributed by atoms with E-state index < -0.39 is 0 Å². The monoisotopic (exact) mass is 562 g/mol. The molecule has 1 saturated heterocycles. The van der Waals surface area contributed by atoms with E-state index in [9.17, 15) is 0 Å². The Morgan fingerprint density at radius 3 is 2.37 bits per heavy atom. The zero-order chi connectivity index (χ0) is 28.0. The van der Waals surface area contributed by atoms with Crippen molar-refractivity contribution in [2.75, 3.05) is 26.7 Å². The van der Waals surface area contributed by atoms with Crippen molar-refractivity contribution < 1.29 is 9.47 Å². The third kappa shape index (κ3) is 6.48. The summed E-state index contributed by atoms with van der Waals surface area (Å²) in [6, 6.07) is 32.5. The van der Waals surface area contributed by atoms with Crippen molar-refractivity contribution in [3.63, 3.8) is 0 Å². The van der Waals surface area contributed by atoms with E-state index in [-0.39, 0.29) is 0 Å². The summed E-state index contributed by atoms with van der Waals surface area (Å²) < 4.78 is 13.3. The van der Waals surface area contributed by atoms with Gasteiger partial charge in [0.05, 0.1) is 7.11 Å². The predicted octanol–water partition coefficient (Wildman–Crippen LogP) is 7.84. The van der Waals surface area contributed by atoms with Gasteiger partial charge in [-0.05, 0) is 103 Å².